The van der Waals surface area contributed by atoms with E-state index >= 15 is 0 Å². The molecule has 3 aromatic carbocycles. The molecule has 0 unspecified atom stereocenters. The Kier molecular flexibility index (Phi) is 5.43. The van der Waals surface area contributed by atoms with Crippen molar-refractivity contribution < 1.29 is 18.8 Å². The fourth-order valence-corrected chi connectivity index (χ4v) is 4.79. The second-order valence-corrected chi connectivity index (χ2v) is 8.64. The van der Waals surface area contributed by atoms with Crippen LogP contribution in [-0.4, -0.2) is 22.7 Å². The maximum absolute atomic E-state index is 14.3. The quantitative estimate of drug-likeness (QED) is 0.397. The molecule has 1 fully saturated rings. The number of carbonyl (C=O) groups is 3. The van der Waals surface area contributed by atoms with E-state index in [0.717, 1.165) is 10.5 Å². The first-order valence-corrected chi connectivity index (χ1v) is 11.2. The Bertz CT molecular complexity index is 1370. The number of nitrogens with zero attached hydrogens (tertiary/aromatic N) is 3. The molecule has 0 atom stereocenters. The number of hydrogen-bond acceptors (Lipinski definition) is 5. The van der Waals surface area contributed by atoms with E-state index < -0.39 is 5.82 Å². The lowest BCUT2D eigenvalue weighted by Crippen LogP contribution is -2.31. The molecule has 0 saturated carbocycles. The van der Waals surface area contributed by atoms with Gasteiger partial charge in [0.2, 0.25) is 11.8 Å². The summed E-state index contributed by atoms with van der Waals surface area (Å²) in [5.41, 5.74) is 1.76. The monoisotopic (exact) mass is 459 g/mol. The molecule has 0 N–H and O–H groups in total. The van der Waals surface area contributed by atoms with Gasteiger partial charge in [0, 0.05) is 18.4 Å². The summed E-state index contributed by atoms with van der Waals surface area (Å²) in [6.45, 7) is 0.229. The van der Waals surface area contributed by atoms with Gasteiger partial charge in [-0.15, -0.1) is 0 Å². The first kappa shape index (κ1) is 21.0. The van der Waals surface area contributed by atoms with Crippen LogP contribution in [0.3, 0.4) is 0 Å². The van der Waals surface area contributed by atoms with Crippen molar-refractivity contribution in [3.8, 4) is 0 Å². The van der Waals surface area contributed by atoms with Crippen molar-refractivity contribution in [3.05, 3.63) is 89.7 Å². The number of thiazole rings is 1. The van der Waals surface area contributed by atoms with E-state index in [4.69, 9.17) is 0 Å². The standard InChI is InChI=1S/C25H18FN3O3S/c26-19-10-5-11-20-23(19)27-25(33-20)28(15-16-6-2-1-3-7-16)24(32)17-8-4-9-18(14-17)29-21(30)12-13-22(29)31/h1-11,14H,12-13,15H2. The van der Waals surface area contributed by atoms with Crippen molar-refractivity contribution in [3.63, 3.8) is 0 Å². The molecule has 33 heavy (non-hydrogen) atoms. The van der Waals surface area contributed by atoms with E-state index in [-0.39, 0.29) is 42.6 Å². The van der Waals surface area contributed by atoms with E-state index in [1.54, 1.807) is 30.3 Å². The van der Waals surface area contributed by atoms with E-state index in [9.17, 15) is 18.8 Å². The maximum atomic E-state index is 14.3. The number of para-hydroxylation sites is 1. The van der Waals surface area contributed by atoms with Gasteiger partial charge in [-0.1, -0.05) is 53.8 Å². The Morgan fingerprint density at radius 3 is 2.42 bits per heavy atom. The predicted octanol–water partition coefficient (Wildman–Crippen LogP) is 4.94. The van der Waals surface area contributed by atoms with Gasteiger partial charge in [0.1, 0.15) is 11.3 Å². The summed E-state index contributed by atoms with van der Waals surface area (Å²) >= 11 is 1.23. The summed E-state index contributed by atoms with van der Waals surface area (Å²) in [7, 11) is 0. The molecule has 5 rings (SSSR count). The van der Waals surface area contributed by atoms with Gasteiger partial charge in [0.25, 0.3) is 5.91 Å². The molecule has 0 radical (unpaired) electrons. The number of rotatable bonds is 5. The molecule has 1 saturated heterocycles. The topological polar surface area (TPSA) is 70.6 Å². The van der Waals surface area contributed by atoms with Crippen LogP contribution in [0.25, 0.3) is 10.2 Å². The lowest BCUT2D eigenvalue weighted by atomic mass is 10.1. The zero-order valence-corrected chi connectivity index (χ0v) is 18.2. The van der Waals surface area contributed by atoms with Crippen LogP contribution in [0, 0.1) is 5.82 Å². The molecule has 4 aromatic rings. The molecule has 164 valence electrons. The number of imide groups is 1. The Labute approximate surface area is 192 Å². The van der Waals surface area contributed by atoms with Crippen molar-refractivity contribution in [1.82, 2.24) is 4.98 Å². The van der Waals surface area contributed by atoms with Gasteiger partial charge in [0.05, 0.1) is 16.9 Å². The lowest BCUT2D eigenvalue weighted by molar-refractivity contribution is -0.121. The highest BCUT2D eigenvalue weighted by Gasteiger charge is 2.31. The molecule has 0 aliphatic carbocycles. The highest BCUT2D eigenvalue weighted by atomic mass is 32.1. The second kappa shape index (κ2) is 8.55. The smallest absolute Gasteiger partial charge is 0.260 e. The van der Waals surface area contributed by atoms with Crippen LogP contribution in [0.2, 0.25) is 0 Å². The number of benzene rings is 3. The number of anilines is 2. The normalized spacial score (nSPS) is 13.7. The minimum atomic E-state index is -0.449. The fraction of sp³-hybridized carbons (Fsp3) is 0.120. The highest BCUT2D eigenvalue weighted by molar-refractivity contribution is 7.22. The van der Waals surface area contributed by atoms with Crippen molar-refractivity contribution in [1.29, 1.82) is 0 Å². The van der Waals surface area contributed by atoms with E-state index in [1.807, 2.05) is 30.3 Å². The molecular weight excluding hydrogens is 441 g/mol. The summed E-state index contributed by atoms with van der Waals surface area (Å²) in [5, 5.41) is 0.364. The Morgan fingerprint density at radius 1 is 0.970 bits per heavy atom. The average molecular weight is 460 g/mol. The van der Waals surface area contributed by atoms with Crippen molar-refractivity contribution >= 4 is 50.1 Å². The van der Waals surface area contributed by atoms with Crippen LogP contribution in [0.5, 0.6) is 0 Å². The van der Waals surface area contributed by atoms with Crippen LogP contribution < -0.4 is 9.80 Å². The van der Waals surface area contributed by atoms with E-state index in [0.29, 0.717) is 21.1 Å². The second-order valence-electron chi connectivity index (χ2n) is 7.63. The van der Waals surface area contributed by atoms with Gasteiger partial charge in [-0.05, 0) is 35.9 Å². The van der Waals surface area contributed by atoms with Crippen LogP contribution in [0.15, 0.2) is 72.8 Å². The zero-order valence-electron chi connectivity index (χ0n) is 17.4. The molecule has 0 spiro atoms. The summed E-state index contributed by atoms with van der Waals surface area (Å²) in [6.07, 6.45) is 0.322. The first-order valence-electron chi connectivity index (χ1n) is 10.4. The van der Waals surface area contributed by atoms with Crippen molar-refractivity contribution in [2.75, 3.05) is 9.80 Å². The Balaban J connectivity index is 1.55. The summed E-state index contributed by atoms with van der Waals surface area (Å²) < 4.78 is 14.9. The molecule has 1 aromatic heterocycles. The number of fused-ring (bicyclic) bond motifs is 1. The van der Waals surface area contributed by atoms with Crippen LogP contribution >= 0.6 is 11.3 Å². The molecule has 1 aliphatic rings. The van der Waals surface area contributed by atoms with Gasteiger partial charge >= 0.3 is 0 Å². The summed E-state index contributed by atoms with van der Waals surface area (Å²) in [6, 6.07) is 20.6. The highest BCUT2D eigenvalue weighted by Crippen LogP contribution is 2.32. The number of hydrogen-bond donors (Lipinski definition) is 0. The minimum absolute atomic E-state index is 0.161. The van der Waals surface area contributed by atoms with Gasteiger partial charge in [-0.25, -0.2) is 9.37 Å². The van der Waals surface area contributed by atoms with E-state index in [1.165, 1.54) is 28.4 Å². The number of halogens is 1. The fourth-order valence-electron chi connectivity index (χ4n) is 3.81. The number of carbonyl (C=O) groups excluding carboxylic acids is 3. The van der Waals surface area contributed by atoms with E-state index in [2.05, 4.69) is 4.98 Å². The average Bonchev–Trinajstić information content (AvgIpc) is 3.41. The lowest BCUT2D eigenvalue weighted by Gasteiger charge is -2.21. The number of amides is 3. The molecule has 1 aliphatic heterocycles. The van der Waals surface area contributed by atoms with Crippen LogP contribution in [0.4, 0.5) is 15.2 Å². The van der Waals surface area contributed by atoms with Crippen LogP contribution in [-0.2, 0) is 16.1 Å². The molecule has 0 bridgehead atoms. The third kappa shape index (κ3) is 4.01. The van der Waals surface area contributed by atoms with Gasteiger partial charge in [-0.2, -0.15) is 0 Å². The maximum Gasteiger partial charge on any atom is 0.260 e. The Morgan fingerprint density at radius 2 is 1.70 bits per heavy atom. The van der Waals surface area contributed by atoms with Crippen molar-refractivity contribution in [2.24, 2.45) is 0 Å². The van der Waals surface area contributed by atoms with Gasteiger partial charge < -0.3 is 0 Å². The largest absolute Gasteiger partial charge is 0.279 e. The zero-order chi connectivity index (χ0) is 22.9. The van der Waals surface area contributed by atoms with Gasteiger partial charge in [-0.3, -0.25) is 24.2 Å². The van der Waals surface area contributed by atoms with Crippen molar-refractivity contribution in [2.45, 2.75) is 19.4 Å². The predicted molar refractivity (Wildman–Crippen MR) is 125 cm³/mol. The van der Waals surface area contributed by atoms with Gasteiger partial charge in [0.15, 0.2) is 5.13 Å². The Hall–Kier alpha value is -3.91. The van der Waals surface area contributed by atoms with Crippen LogP contribution in [0.1, 0.15) is 28.8 Å². The third-order valence-corrected chi connectivity index (χ3v) is 6.46. The summed E-state index contributed by atoms with van der Waals surface area (Å²) in [4.78, 5) is 45.0. The molecule has 6 nitrogen and oxygen atoms in total. The molecule has 2 heterocycles. The third-order valence-electron chi connectivity index (χ3n) is 5.42. The SMILES string of the molecule is O=C(c1cccc(N2C(=O)CCC2=O)c1)N(Cc1ccccc1)c1nc2c(F)cccc2s1. The summed E-state index contributed by atoms with van der Waals surface area (Å²) in [5.74, 6) is -1.38. The minimum Gasteiger partial charge on any atom is -0.279 e. The molecular formula is C25H18FN3O3S. The molecule has 8 heteroatoms. The number of aromatic nitrogens is 1. The molecule has 3 amide bonds. The first-order chi connectivity index (χ1) is 16.0.